The van der Waals surface area contributed by atoms with Crippen LogP contribution in [0.3, 0.4) is 0 Å². The molecule has 2 atom stereocenters. The van der Waals surface area contributed by atoms with Crippen molar-refractivity contribution < 1.29 is 8.42 Å². The maximum Gasteiger partial charge on any atom is 0.279 e. The van der Waals surface area contributed by atoms with E-state index in [0.717, 1.165) is 45.2 Å². The van der Waals surface area contributed by atoms with E-state index in [1.807, 2.05) is 0 Å². The van der Waals surface area contributed by atoms with Crippen molar-refractivity contribution in [3.63, 3.8) is 0 Å². The highest BCUT2D eigenvalue weighted by Crippen LogP contribution is 2.51. The van der Waals surface area contributed by atoms with E-state index in [1.165, 1.54) is 0 Å². The first kappa shape index (κ1) is 17.2. The molecule has 0 spiro atoms. The number of hydrogen-bond donors (Lipinski definition) is 2. The fourth-order valence-electron chi connectivity index (χ4n) is 3.15. The van der Waals surface area contributed by atoms with E-state index >= 15 is 0 Å². The normalized spacial score (nSPS) is 29.5. The van der Waals surface area contributed by atoms with E-state index in [4.69, 9.17) is 0 Å². The number of nitrogens with zero attached hydrogens (tertiary/aromatic N) is 1. The highest BCUT2D eigenvalue weighted by Gasteiger charge is 2.46. The van der Waals surface area contributed by atoms with Gasteiger partial charge in [0, 0.05) is 25.7 Å². The first-order chi connectivity index (χ1) is 9.87. The molecule has 1 aliphatic carbocycles. The SMILES string of the molecule is CCCNCC1CCCCN1S(=O)(=O)NCC1CC1(C)C. The number of hydrogen-bond acceptors (Lipinski definition) is 3. The van der Waals surface area contributed by atoms with Crippen molar-refractivity contribution in [3.05, 3.63) is 0 Å². The van der Waals surface area contributed by atoms with Gasteiger partial charge in [-0.3, -0.25) is 0 Å². The summed E-state index contributed by atoms with van der Waals surface area (Å²) in [4.78, 5) is 0. The maximum atomic E-state index is 12.6. The molecule has 2 N–H and O–H groups in total. The minimum Gasteiger partial charge on any atom is -0.315 e. The van der Waals surface area contributed by atoms with Gasteiger partial charge in [-0.25, -0.2) is 4.72 Å². The van der Waals surface area contributed by atoms with Crippen LogP contribution in [0.25, 0.3) is 0 Å². The van der Waals surface area contributed by atoms with Crippen LogP contribution in [0, 0.1) is 11.3 Å². The largest absolute Gasteiger partial charge is 0.315 e. The Morgan fingerprint density at radius 1 is 1.24 bits per heavy atom. The van der Waals surface area contributed by atoms with E-state index < -0.39 is 10.2 Å². The van der Waals surface area contributed by atoms with Gasteiger partial charge in [-0.05, 0) is 43.6 Å². The Kier molecular flexibility index (Phi) is 5.68. The average Bonchev–Trinajstić information content (AvgIpc) is 3.05. The molecular formula is C15H31N3O2S. The van der Waals surface area contributed by atoms with E-state index in [1.54, 1.807) is 4.31 Å². The van der Waals surface area contributed by atoms with Gasteiger partial charge < -0.3 is 5.32 Å². The molecule has 2 rings (SSSR count). The molecule has 6 heteroatoms. The van der Waals surface area contributed by atoms with Crippen molar-refractivity contribution >= 4 is 10.2 Å². The van der Waals surface area contributed by atoms with Crippen LogP contribution >= 0.6 is 0 Å². The van der Waals surface area contributed by atoms with Gasteiger partial charge in [0.25, 0.3) is 10.2 Å². The Hall–Kier alpha value is -0.170. The molecule has 5 nitrogen and oxygen atoms in total. The zero-order valence-corrected chi connectivity index (χ0v) is 14.5. The summed E-state index contributed by atoms with van der Waals surface area (Å²) in [6.45, 7) is 9.48. The molecule has 2 unspecified atom stereocenters. The molecule has 1 saturated carbocycles. The molecule has 0 aromatic carbocycles. The molecule has 0 aromatic rings. The lowest BCUT2D eigenvalue weighted by atomic mass is 10.1. The van der Waals surface area contributed by atoms with Crippen LogP contribution in [-0.4, -0.2) is 44.9 Å². The monoisotopic (exact) mass is 317 g/mol. The molecule has 1 heterocycles. The van der Waals surface area contributed by atoms with E-state index in [9.17, 15) is 8.42 Å². The highest BCUT2D eigenvalue weighted by atomic mass is 32.2. The van der Waals surface area contributed by atoms with Crippen molar-refractivity contribution in [2.24, 2.45) is 11.3 Å². The molecule has 0 radical (unpaired) electrons. The first-order valence-electron chi connectivity index (χ1n) is 8.34. The van der Waals surface area contributed by atoms with Crippen LogP contribution in [-0.2, 0) is 10.2 Å². The first-order valence-corrected chi connectivity index (χ1v) is 9.78. The van der Waals surface area contributed by atoms with Gasteiger partial charge in [0.15, 0.2) is 0 Å². The van der Waals surface area contributed by atoms with Gasteiger partial charge in [-0.1, -0.05) is 27.2 Å². The molecule has 124 valence electrons. The summed E-state index contributed by atoms with van der Waals surface area (Å²) in [6.07, 6.45) is 5.26. The Bertz CT molecular complexity index is 436. The quantitative estimate of drug-likeness (QED) is 0.670. The smallest absolute Gasteiger partial charge is 0.279 e. The van der Waals surface area contributed by atoms with Crippen molar-refractivity contribution in [1.29, 1.82) is 0 Å². The van der Waals surface area contributed by atoms with Crippen molar-refractivity contribution in [2.45, 2.75) is 58.9 Å². The van der Waals surface area contributed by atoms with E-state index in [0.29, 0.717) is 24.4 Å². The van der Waals surface area contributed by atoms with Gasteiger partial charge in [-0.2, -0.15) is 12.7 Å². The second kappa shape index (κ2) is 6.94. The molecule has 21 heavy (non-hydrogen) atoms. The van der Waals surface area contributed by atoms with Gasteiger partial charge in [0.1, 0.15) is 0 Å². The fraction of sp³-hybridized carbons (Fsp3) is 1.00. The average molecular weight is 317 g/mol. The predicted molar refractivity (Wildman–Crippen MR) is 86.3 cm³/mol. The van der Waals surface area contributed by atoms with Crippen LogP contribution in [0.5, 0.6) is 0 Å². The zero-order chi connectivity index (χ0) is 15.5. The standard InChI is InChI=1S/C15H31N3O2S/c1-4-8-16-12-14-7-5-6-9-18(14)21(19,20)17-11-13-10-15(13,2)3/h13-14,16-17H,4-12H2,1-3H3. The lowest BCUT2D eigenvalue weighted by molar-refractivity contribution is 0.243. The van der Waals surface area contributed by atoms with Gasteiger partial charge >= 0.3 is 0 Å². The molecule has 2 fully saturated rings. The van der Waals surface area contributed by atoms with Gasteiger partial charge in [0.2, 0.25) is 0 Å². The van der Waals surface area contributed by atoms with E-state index in [2.05, 4.69) is 30.8 Å². The summed E-state index contributed by atoms with van der Waals surface area (Å²) < 4.78 is 29.6. The van der Waals surface area contributed by atoms with Crippen LogP contribution in [0.2, 0.25) is 0 Å². The summed E-state index contributed by atoms with van der Waals surface area (Å²) in [5, 5.41) is 3.36. The third-order valence-electron chi connectivity index (χ3n) is 4.92. The summed E-state index contributed by atoms with van der Waals surface area (Å²) in [5.41, 5.74) is 0.312. The Labute approximate surface area is 130 Å². The number of nitrogens with one attached hydrogen (secondary N) is 2. The minimum atomic E-state index is -3.33. The molecule has 1 aliphatic heterocycles. The third kappa shape index (κ3) is 4.65. The van der Waals surface area contributed by atoms with Crippen molar-refractivity contribution in [3.8, 4) is 0 Å². The summed E-state index contributed by atoms with van der Waals surface area (Å²) in [5.74, 6) is 0.494. The molecule has 0 aromatic heterocycles. The topological polar surface area (TPSA) is 61.4 Å². The fourth-order valence-corrected chi connectivity index (χ4v) is 4.67. The lowest BCUT2D eigenvalue weighted by Gasteiger charge is -2.34. The maximum absolute atomic E-state index is 12.6. The zero-order valence-electron chi connectivity index (χ0n) is 13.7. The molecule has 0 amide bonds. The van der Waals surface area contributed by atoms with Crippen molar-refractivity contribution in [1.82, 2.24) is 14.3 Å². The molecule has 0 bridgehead atoms. The third-order valence-corrected chi connectivity index (χ3v) is 6.55. The van der Waals surface area contributed by atoms with Gasteiger partial charge in [0.05, 0.1) is 0 Å². The summed E-state index contributed by atoms with van der Waals surface area (Å²) in [6, 6.07) is 0.106. The molecular weight excluding hydrogens is 286 g/mol. The Morgan fingerprint density at radius 2 is 1.95 bits per heavy atom. The molecule has 1 saturated heterocycles. The second-order valence-electron chi connectivity index (χ2n) is 7.21. The Morgan fingerprint density at radius 3 is 2.57 bits per heavy atom. The summed E-state index contributed by atoms with van der Waals surface area (Å²) in [7, 11) is -3.33. The van der Waals surface area contributed by atoms with Gasteiger partial charge in [-0.15, -0.1) is 0 Å². The van der Waals surface area contributed by atoms with Crippen molar-refractivity contribution in [2.75, 3.05) is 26.2 Å². The minimum absolute atomic E-state index is 0.106. The Balaban J connectivity index is 1.88. The van der Waals surface area contributed by atoms with Crippen LogP contribution in [0.1, 0.15) is 52.9 Å². The molecule has 2 aliphatic rings. The van der Waals surface area contributed by atoms with Crippen LogP contribution in [0.4, 0.5) is 0 Å². The number of piperidine rings is 1. The van der Waals surface area contributed by atoms with E-state index in [-0.39, 0.29) is 6.04 Å². The summed E-state index contributed by atoms with van der Waals surface area (Å²) >= 11 is 0. The number of rotatable bonds is 8. The highest BCUT2D eigenvalue weighted by molar-refractivity contribution is 7.87. The van der Waals surface area contributed by atoms with Crippen LogP contribution < -0.4 is 10.0 Å². The predicted octanol–water partition coefficient (Wildman–Crippen LogP) is 1.72. The van der Waals surface area contributed by atoms with Crippen LogP contribution in [0.15, 0.2) is 0 Å². The second-order valence-corrected chi connectivity index (χ2v) is 8.92. The lowest BCUT2D eigenvalue weighted by Crippen LogP contribution is -2.52.